The van der Waals surface area contributed by atoms with Gasteiger partial charge in [-0.3, -0.25) is 9.89 Å². The van der Waals surface area contributed by atoms with Crippen LogP contribution in [0, 0.1) is 18.3 Å². The Balaban J connectivity index is 1.71. The number of aromatic nitrogens is 3. The molecule has 1 aromatic heterocycles. The number of aryl methyl sites for hydroxylation is 1. The third-order valence-electron chi connectivity index (χ3n) is 4.38. The molecule has 1 fully saturated rings. The van der Waals surface area contributed by atoms with Gasteiger partial charge < -0.3 is 9.64 Å². The van der Waals surface area contributed by atoms with Gasteiger partial charge in [0.2, 0.25) is 0 Å². The van der Waals surface area contributed by atoms with E-state index in [-0.39, 0.29) is 17.9 Å². The minimum atomic E-state index is -0.106. The summed E-state index contributed by atoms with van der Waals surface area (Å²) in [6.07, 6.45) is 2.24. The predicted octanol–water partition coefficient (Wildman–Crippen LogP) is 1.63. The average Bonchev–Trinajstić information content (AvgIpc) is 3.25. The normalized spacial score (nSPS) is 19.9. The number of nitrogens with zero attached hydrogens (tertiary/aromatic N) is 4. The van der Waals surface area contributed by atoms with E-state index in [0.717, 1.165) is 17.8 Å². The lowest BCUT2D eigenvalue weighted by atomic mass is 9.99. The summed E-state index contributed by atoms with van der Waals surface area (Å²) in [5, 5.41) is 15.7. The van der Waals surface area contributed by atoms with E-state index in [1.54, 1.807) is 30.1 Å². The summed E-state index contributed by atoms with van der Waals surface area (Å²) < 4.78 is 5.79. The van der Waals surface area contributed by atoms with Crippen molar-refractivity contribution in [3.63, 3.8) is 0 Å². The molecule has 0 unspecified atom stereocenters. The third kappa shape index (κ3) is 3.14. The number of carbonyl (C=O) groups excluding carboxylic acids is 1. The van der Waals surface area contributed by atoms with Crippen LogP contribution in [0.1, 0.15) is 39.6 Å². The van der Waals surface area contributed by atoms with Gasteiger partial charge in [0, 0.05) is 31.7 Å². The van der Waals surface area contributed by atoms with Gasteiger partial charge in [-0.1, -0.05) is 0 Å². The largest absolute Gasteiger partial charge is 0.376 e. The van der Waals surface area contributed by atoms with Gasteiger partial charge in [0.1, 0.15) is 12.2 Å². The Bertz CT molecular complexity index is 766. The molecule has 1 aliphatic heterocycles. The molecule has 1 amide bonds. The molecule has 0 bridgehead atoms. The van der Waals surface area contributed by atoms with E-state index in [1.807, 2.05) is 6.92 Å². The van der Waals surface area contributed by atoms with Crippen LogP contribution in [-0.2, 0) is 4.74 Å². The molecular formula is C17H19N5O2. The first-order valence-corrected chi connectivity index (χ1v) is 7.83. The van der Waals surface area contributed by atoms with Gasteiger partial charge in [-0.15, -0.1) is 0 Å². The summed E-state index contributed by atoms with van der Waals surface area (Å²) in [6, 6.07) is 7.18. The number of ether oxygens (including phenoxy) is 1. The monoisotopic (exact) mass is 325 g/mol. The van der Waals surface area contributed by atoms with Crippen molar-refractivity contribution >= 4 is 5.91 Å². The Morgan fingerprint density at radius 2 is 2.38 bits per heavy atom. The van der Waals surface area contributed by atoms with Crippen LogP contribution in [0.25, 0.3) is 0 Å². The standard InChI is InChI=1S/C17H19N5O2/c1-11-7-12(8-18)3-4-13(11)17(23)22(2)9-15-14(5-6-24-15)16-19-10-20-21-16/h3-4,7,10,14-15H,5-6,9H2,1-2H3,(H,19,20,21)/t14-,15-/m1/s1. The number of nitrogens with one attached hydrogen (secondary N) is 1. The second-order valence-electron chi connectivity index (χ2n) is 6.00. The lowest BCUT2D eigenvalue weighted by Crippen LogP contribution is -2.36. The minimum Gasteiger partial charge on any atom is -0.376 e. The van der Waals surface area contributed by atoms with E-state index in [1.165, 1.54) is 6.33 Å². The number of nitriles is 1. The molecule has 1 aliphatic rings. The van der Waals surface area contributed by atoms with Gasteiger partial charge in [-0.25, -0.2) is 4.98 Å². The van der Waals surface area contributed by atoms with Crippen molar-refractivity contribution in [2.45, 2.75) is 25.4 Å². The average molecular weight is 325 g/mol. The van der Waals surface area contributed by atoms with E-state index in [4.69, 9.17) is 10.00 Å². The highest BCUT2D eigenvalue weighted by molar-refractivity contribution is 5.95. The van der Waals surface area contributed by atoms with Gasteiger partial charge in [0.15, 0.2) is 0 Å². The fourth-order valence-electron chi connectivity index (χ4n) is 3.07. The summed E-state index contributed by atoms with van der Waals surface area (Å²) in [5.41, 5.74) is 1.95. The number of likely N-dealkylation sites (N-methyl/N-ethyl adjacent to an activating group) is 1. The molecular weight excluding hydrogens is 306 g/mol. The van der Waals surface area contributed by atoms with Crippen molar-refractivity contribution in [1.29, 1.82) is 5.26 Å². The Hall–Kier alpha value is -2.72. The number of rotatable bonds is 4. The molecule has 124 valence electrons. The van der Waals surface area contributed by atoms with Crippen molar-refractivity contribution in [2.24, 2.45) is 0 Å². The zero-order valence-corrected chi connectivity index (χ0v) is 13.7. The number of H-pyrrole nitrogens is 1. The number of hydrogen-bond acceptors (Lipinski definition) is 5. The van der Waals surface area contributed by atoms with E-state index in [0.29, 0.717) is 24.3 Å². The van der Waals surface area contributed by atoms with Gasteiger partial charge in [0.25, 0.3) is 5.91 Å². The maximum atomic E-state index is 12.7. The molecule has 2 heterocycles. The quantitative estimate of drug-likeness (QED) is 0.922. The Kier molecular flexibility index (Phi) is 4.58. The van der Waals surface area contributed by atoms with Crippen LogP contribution < -0.4 is 0 Å². The van der Waals surface area contributed by atoms with Crippen molar-refractivity contribution < 1.29 is 9.53 Å². The van der Waals surface area contributed by atoms with Gasteiger partial charge >= 0.3 is 0 Å². The topological polar surface area (TPSA) is 94.9 Å². The molecule has 7 heteroatoms. The smallest absolute Gasteiger partial charge is 0.253 e. The number of aromatic amines is 1. The van der Waals surface area contributed by atoms with E-state index in [2.05, 4.69) is 21.3 Å². The fourth-order valence-corrected chi connectivity index (χ4v) is 3.07. The predicted molar refractivity (Wildman–Crippen MR) is 86.3 cm³/mol. The molecule has 2 aromatic rings. The molecule has 0 spiro atoms. The van der Waals surface area contributed by atoms with E-state index < -0.39 is 0 Å². The number of benzene rings is 1. The molecule has 2 atom stereocenters. The first-order valence-electron chi connectivity index (χ1n) is 7.83. The summed E-state index contributed by atoms with van der Waals surface area (Å²) in [6.45, 7) is 2.96. The molecule has 0 radical (unpaired) electrons. The summed E-state index contributed by atoms with van der Waals surface area (Å²) in [4.78, 5) is 18.6. The second kappa shape index (κ2) is 6.81. The molecule has 0 saturated carbocycles. The highest BCUT2D eigenvalue weighted by Gasteiger charge is 2.33. The van der Waals surface area contributed by atoms with Crippen molar-refractivity contribution in [3.8, 4) is 6.07 Å². The SMILES string of the molecule is Cc1cc(C#N)ccc1C(=O)N(C)C[C@H]1OCC[C@H]1c1ncn[nH]1. The van der Waals surface area contributed by atoms with Crippen molar-refractivity contribution in [3.05, 3.63) is 47.0 Å². The van der Waals surface area contributed by atoms with Crippen LogP contribution in [0.2, 0.25) is 0 Å². The fraction of sp³-hybridized carbons (Fsp3) is 0.412. The van der Waals surface area contributed by atoms with Crippen LogP contribution in [0.15, 0.2) is 24.5 Å². The summed E-state index contributed by atoms with van der Waals surface area (Å²) >= 11 is 0. The minimum absolute atomic E-state index is 0.0798. The third-order valence-corrected chi connectivity index (χ3v) is 4.38. The van der Waals surface area contributed by atoms with Gasteiger partial charge in [-0.2, -0.15) is 10.4 Å². The lowest BCUT2D eigenvalue weighted by molar-refractivity contribution is 0.0549. The highest BCUT2D eigenvalue weighted by atomic mass is 16.5. The Morgan fingerprint density at radius 3 is 3.04 bits per heavy atom. The van der Waals surface area contributed by atoms with E-state index >= 15 is 0 Å². The van der Waals surface area contributed by atoms with Crippen molar-refractivity contribution in [1.82, 2.24) is 20.1 Å². The van der Waals surface area contributed by atoms with Crippen LogP contribution in [0.3, 0.4) is 0 Å². The molecule has 1 saturated heterocycles. The van der Waals surface area contributed by atoms with Crippen LogP contribution in [-0.4, -0.2) is 52.3 Å². The first-order chi connectivity index (χ1) is 11.6. The van der Waals surface area contributed by atoms with Crippen LogP contribution in [0.5, 0.6) is 0 Å². The maximum absolute atomic E-state index is 12.7. The number of carbonyl (C=O) groups is 1. The van der Waals surface area contributed by atoms with Crippen LogP contribution in [0.4, 0.5) is 0 Å². The van der Waals surface area contributed by atoms with Gasteiger partial charge in [-0.05, 0) is 37.1 Å². The zero-order valence-electron chi connectivity index (χ0n) is 13.7. The Morgan fingerprint density at radius 1 is 1.54 bits per heavy atom. The van der Waals surface area contributed by atoms with Crippen molar-refractivity contribution in [2.75, 3.05) is 20.2 Å². The first kappa shape index (κ1) is 16.1. The Labute approximate surface area is 140 Å². The second-order valence-corrected chi connectivity index (χ2v) is 6.00. The molecule has 7 nitrogen and oxygen atoms in total. The summed E-state index contributed by atoms with van der Waals surface area (Å²) in [5.74, 6) is 0.835. The molecule has 1 N–H and O–H groups in total. The maximum Gasteiger partial charge on any atom is 0.253 e. The molecule has 24 heavy (non-hydrogen) atoms. The van der Waals surface area contributed by atoms with Crippen LogP contribution >= 0.6 is 0 Å². The lowest BCUT2D eigenvalue weighted by Gasteiger charge is -2.24. The molecule has 0 aliphatic carbocycles. The highest BCUT2D eigenvalue weighted by Crippen LogP contribution is 2.29. The van der Waals surface area contributed by atoms with E-state index in [9.17, 15) is 4.79 Å². The summed E-state index contributed by atoms with van der Waals surface area (Å²) in [7, 11) is 1.76. The van der Waals surface area contributed by atoms with Gasteiger partial charge in [0.05, 0.1) is 17.7 Å². The molecule has 1 aromatic carbocycles. The number of hydrogen-bond donors (Lipinski definition) is 1. The zero-order chi connectivity index (χ0) is 17.1. The number of amides is 1. The molecule has 3 rings (SSSR count).